The van der Waals surface area contributed by atoms with Crippen molar-refractivity contribution in [3.05, 3.63) is 39.5 Å². The lowest BCUT2D eigenvalue weighted by Crippen LogP contribution is -2.42. The summed E-state index contributed by atoms with van der Waals surface area (Å²) in [4.78, 5) is 27.8. The van der Waals surface area contributed by atoms with Crippen LogP contribution in [0.2, 0.25) is 5.02 Å². The molecule has 0 bridgehead atoms. The van der Waals surface area contributed by atoms with Gasteiger partial charge in [-0.3, -0.25) is 20.4 Å². The second kappa shape index (κ2) is 5.61. The molecule has 0 aliphatic heterocycles. The van der Waals surface area contributed by atoms with Crippen LogP contribution in [0.3, 0.4) is 0 Å². The maximum atomic E-state index is 12.0. The highest BCUT2D eigenvalue weighted by Gasteiger charge is 2.29. The lowest BCUT2D eigenvalue weighted by molar-refractivity contribution is -0.123. The molecular formula is C14H11BrClN3O2. The molecule has 108 valence electrons. The first-order valence-electron chi connectivity index (χ1n) is 6.41. The zero-order valence-electron chi connectivity index (χ0n) is 10.8. The number of para-hydroxylation sites is 1. The van der Waals surface area contributed by atoms with Gasteiger partial charge in [0.2, 0.25) is 5.91 Å². The van der Waals surface area contributed by atoms with Crippen LogP contribution in [0, 0.1) is 5.92 Å². The van der Waals surface area contributed by atoms with Gasteiger partial charge in [-0.2, -0.15) is 0 Å². The highest BCUT2D eigenvalue weighted by molar-refractivity contribution is 9.10. The minimum Gasteiger partial charge on any atom is -0.273 e. The quantitative estimate of drug-likeness (QED) is 0.801. The second-order valence-corrected chi connectivity index (χ2v) is 6.10. The fourth-order valence-electron chi connectivity index (χ4n) is 1.92. The molecule has 0 saturated heterocycles. The van der Waals surface area contributed by atoms with E-state index in [1.807, 2.05) is 18.2 Å². The maximum Gasteiger partial charge on any atom is 0.288 e. The number of nitrogens with one attached hydrogen (secondary N) is 2. The number of carbonyl (C=O) groups is 2. The van der Waals surface area contributed by atoms with Gasteiger partial charge in [0.05, 0.1) is 10.5 Å². The van der Waals surface area contributed by atoms with Crippen molar-refractivity contribution in [2.75, 3.05) is 0 Å². The van der Waals surface area contributed by atoms with Gasteiger partial charge in [0.1, 0.15) is 5.69 Å². The van der Waals surface area contributed by atoms with Gasteiger partial charge in [-0.15, -0.1) is 0 Å². The number of pyridine rings is 1. The average molecular weight is 369 g/mol. The van der Waals surface area contributed by atoms with E-state index in [4.69, 9.17) is 11.6 Å². The van der Waals surface area contributed by atoms with E-state index in [1.54, 1.807) is 0 Å². The molecule has 2 amide bonds. The van der Waals surface area contributed by atoms with Crippen LogP contribution in [0.4, 0.5) is 0 Å². The van der Waals surface area contributed by atoms with Crippen molar-refractivity contribution in [3.63, 3.8) is 0 Å². The Labute approximate surface area is 134 Å². The van der Waals surface area contributed by atoms with Gasteiger partial charge in [0.15, 0.2) is 0 Å². The van der Waals surface area contributed by atoms with Crippen LogP contribution in [0.5, 0.6) is 0 Å². The summed E-state index contributed by atoms with van der Waals surface area (Å²) in [6.07, 6.45) is 1.74. The molecule has 5 nitrogen and oxygen atoms in total. The summed E-state index contributed by atoms with van der Waals surface area (Å²) in [5.74, 6) is -0.646. The Bertz CT molecular complexity index is 746. The minimum absolute atomic E-state index is 0.0209. The Morgan fingerprint density at radius 3 is 2.76 bits per heavy atom. The number of carbonyl (C=O) groups excluding carboxylic acids is 2. The number of hydrogen-bond acceptors (Lipinski definition) is 3. The minimum atomic E-state index is -0.497. The summed E-state index contributed by atoms with van der Waals surface area (Å²) in [6.45, 7) is 0. The summed E-state index contributed by atoms with van der Waals surface area (Å²) in [5.41, 5.74) is 5.50. The molecule has 2 N–H and O–H groups in total. The number of hydrazine groups is 1. The fourth-order valence-corrected chi connectivity index (χ4v) is 2.63. The fraction of sp³-hybridized carbons (Fsp3) is 0.214. The number of benzene rings is 1. The van der Waals surface area contributed by atoms with Crippen molar-refractivity contribution in [1.29, 1.82) is 0 Å². The van der Waals surface area contributed by atoms with Crippen molar-refractivity contribution in [3.8, 4) is 0 Å². The standard InChI is InChI=1S/C14H11BrClN3O2/c15-9-3-1-2-8-10(16)6-11(17-12(8)9)14(21)19-18-13(20)7-4-5-7/h1-3,6-7H,4-5H2,(H,18,20)(H,19,21). The van der Waals surface area contributed by atoms with Crippen molar-refractivity contribution in [2.24, 2.45) is 5.92 Å². The Hall–Kier alpha value is -1.66. The topological polar surface area (TPSA) is 71.1 Å². The van der Waals surface area contributed by atoms with Gasteiger partial charge in [0.25, 0.3) is 5.91 Å². The molecule has 0 spiro atoms. The van der Waals surface area contributed by atoms with Crippen molar-refractivity contribution in [1.82, 2.24) is 15.8 Å². The van der Waals surface area contributed by atoms with Gasteiger partial charge < -0.3 is 0 Å². The van der Waals surface area contributed by atoms with Crippen LogP contribution >= 0.6 is 27.5 Å². The van der Waals surface area contributed by atoms with E-state index >= 15 is 0 Å². The Kier molecular flexibility index (Phi) is 3.82. The highest BCUT2D eigenvalue weighted by atomic mass is 79.9. The predicted molar refractivity (Wildman–Crippen MR) is 82.8 cm³/mol. The number of hydrogen-bond donors (Lipinski definition) is 2. The number of rotatable bonds is 2. The van der Waals surface area contributed by atoms with Crippen LogP contribution in [-0.4, -0.2) is 16.8 Å². The van der Waals surface area contributed by atoms with Crippen LogP contribution in [0.15, 0.2) is 28.7 Å². The van der Waals surface area contributed by atoms with Crippen LogP contribution < -0.4 is 10.9 Å². The molecule has 1 heterocycles. The largest absolute Gasteiger partial charge is 0.288 e. The van der Waals surface area contributed by atoms with E-state index in [1.165, 1.54) is 6.07 Å². The second-order valence-electron chi connectivity index (χ2n) is 4.84. The van der Waals surface area contributed by atoms with Gasteiger partial charge in [-0.1, -0.05) is 23.7 Å². The molecule has 7 heteroatoms. The average Bonchev–Trinajstić information content (AvgIpc) is 3.30. The number of aromatic nitrogens is 1. The first kappa shape index (κ1) is 14.3. The first-order chi connectivity index (χ1) is 10.1. The molecule has 3 rings (SSSR count). The number of halogens is 2. The normalized spacial score (nSPS) is 14.0. The van der Waals surface area contributed by atoms with Gasteiger partial charge >= 0.3 is 0 Å². The molecule has 0 atom stereocenters. The van der Waals surface area contributed by atoms with Crippen molar-refractivity contribution < 1.29 is 9.59 Å². The Morgan fingerprint density at radius 1 is 1.29 bits per heavy atom. The van der Waals surface area contributed by atoms with Gasteiger partial charge in [-0.05, 0) is 40.9 Å². The smallest absolute Gasteiger partial charge is 0.273 e. The lowest BCUT2D eigenvalue weighted by Gasteiger charge is -2.08. The number of fused-ring (bicyclic) bond motifs is 1. The maximum absolute atomic E-state index is 12.0. The van der Waals surface area contributed by atoms with Crippen molar-refractivity contribution in [2.45, 2.75) is 12.8 Å². The summed E-state index contributed by atoms with van der Waals surface area (Å²) in [5, 5.41) is 1.18. The molecule has 0 unspecified atom stereocenters. The SMILES string of the molecule is O=C(NNC(=O)C1CC1)c1cc(Cl)c2cccc(Br)c2n1. The molecule has 1 fully saturated rings. The van der Waals surface area contributed by atoms with E-state index in [9.17, 15) is 9.59 Å². The molecule has 1 saturated carbocycles. The van der Waals surface area contributed by atoms with E-state index in [0.29, 0.717) is 10.5 Å². The molecule has 0 radical (unpaired) electrons. The lowest BCUT2D eigenvalue weighted by atomic mass is 10.2. The van der Waals surface area contributed by atoms with E-state index in [-0.39, 0.29) is 17.5 Å². The summed E-state index contributed by atoms with van der Waals surface area (Å²) >= 11 is 9.55. The molecule has 1 aromatic heterocycles. The zero-order chi connectivity index (χ0) is 15.0. The monoisotopic (exact) mass is 367 g/mol. The highest BCUT2D eigenvalue weighted by Crippen LogP contribution is 2.29. The zero-order valence-corrected chi connectivity index (χ0v) is 13.2. The van der Waals surface area contributed by atoms with E-state index in [2.05, 4.69) is 31.8 Å². The third-order valence-electron chi connectivity index (χ3n) is 3.22. The third-order valence-corrected chi connectivity index (χ3v) is 4.17. The van der Waals surface area contributed by atoms with Crippen molar-refractivity contribution >= 4 is 50.2 Å². The first-order valence-corrected chi connectivity index (χ1v) is 7.58. The third kappa shape index (κ3) is 3.01. The van der Waals surface area contributed by atoms with E-state index in [0.717, 1.165) is 22.7 Å². The predicted octanol–water partition coefficient (Wildman–Crippen LogP) is 2.82. The molecule has 1 aliphatic carbocycles. The van der Waals surface area contributed by atoms with Gasteiger partial charge in [-0.25, -0.2) is 4.98 Å². The number of nitrogens with zero attached hydrogens (tertiary/aromatic N) is 1. The molecular weight excluding hydrogens is 358 g/mol. The van der Waals surface area contributed by atoms with Crippen LogP contribution in [-0.2, 0) is 4.79 Å². The summed E-state index contributed by atoms with van der Waals surface area (Å²) in [7, 11) is 0. The molecule has 1 aliphatic rings. The number of amides is 2. The van der Waals surface area contributed by atoms with Gasteiger partial charge in [0, 0.05) is 15.8 Å². The molecule has 1 aromatic carbocycles. The molecule has 21 heavy (non-hydrogen) atoms. The molecule has 2 aromatic rings. The summed E-state index contributed by atoms with van der Waals surface area (Å²) in [6, 6.07) is 6.97. The summed E-state index contributed by atoms with van der Waals surface area (Å²) < 4.78 is 0.749. The van der Waals surface area contributed by atoms with E-state index < -0.39 is 5.91 Å². The Balaban J connectivity index is 1.84. The van der Waals surface area contributed by atoms with Crippen LogP contribution in [0.1, 0.15) is 23.3 Å². The van der Waals surface area contributed by atoms with Crippen LogP contribution in [0.25, 0.3) is 10.9 Å². The Morgan fingerprint density at radius 2 is 2.05 bits per heavy atom.